The average molecular weight is 401 g/mol. The zero-order valence-electron chi connectivity index (χ0n) is 16.3. The van der Waals surface area contributed by atoms with Crippen molar-refractivity contribution < 1.29 is 17.7 Å². The number of ether oxygens (including phenoxy) is 1. The van der Waals surface area contributed by atoms with Crippen LogP contribution in [0.25, 0.3) is 11.4 Å². The molecule has 0 aliphatic heterocycles. The van der Waals surface area contributed by atoms with Gasteiger partial charge in [-0.1, -0.05) is 42.8 Å². The molecule has 0 amide bonds. The van der Waals surface area contributed by atoms with Crippen LogP contribution in [0.2, 0.25) is 0 Å². The number of aromatic nitrogens is 2. The van der Waals surface area contributed by atoms with Gasteiger partial charge in [-0.05, 0) is 42.7 Å². The van der Waals surface area contributed by atoms with E-state index >= 15 is 0 Å². The Morgan fingerprint density at radius 2 is 1.96 bits per heavy atom. The maximum atomic E-state index is 12.7. The quantitative estimate of drug-likeness (QED) is 0.649. The number of hydrogen-bond acceptors (Lipinski definition) is 6. The minimum absolute atomic E-state index is 0.0931. The minimum Gasteiger partial charge on any atom is -0.496 e. The van der Waals surface area contributed by atoms with E-state index in [9.17, 15) is 8.42 Å². The van der Waals surface area contributed by atoms with E-state index in [1.807, 2.05) is 45.0 Å². The fraction of sp³-hybridized carbons (Fsp3) is 0.300. The Bertz CT molecular complexity index is 1070. The van der Waals surface area contributed by atoms with Crippen LogP contribution in [0.1, 0.15) is 36.8 Å². The van der Waals surface area contributed by atoms with Gasteiger partial charge < -0.3 is 9.26 Å². The number of methoxy groups -OCH3 is 1. The normalized spacial score (nSPS) is 11.8. The van der Waals surface area contributed by atoms with Gasteiger partial charge in [0, 0.05) is 5.56 Å². The first-order valence-corrected chi connectivity index (χ1v) is 10.4. The zero-order chi connectivity index (χ0) is 20.3. The predicted octanol–water partition coefficient (Wildman–Crippen LogP) is 3.66. The van der Waals surface area contributed by atoms with Crippen molar-refractivity contribution in [3.63, 3.8) is 0 Å². The van der Waals surface area contributed by atoms with Gasteiger partial charge in [0.25, 0.3) is 0 Å². The Morgan fingerprint density at radius 3 is 2.64 bits per heavy atom. The topological polar surface area (TPSA) is 94.3 Å². The predicted molar refractivity (Wildman–Crippen MR) is 106 cm³/mol. The van der Waals surface area contributed by atoms with E-state index in [0.717, 1.165) is 16.7 Å². The molecule has 3 rings (SSSR count). The summed E-state index contributed by atoms with van der Waals surface area (Å²) in [6.07, 6.45) is 0. The van der Waals surface area contributed by atoms with Crippen molar-refractivity contribution in [2.24, 2.45) is 0 Å². The van der Waals surface area contributed by atoms with E-state index in [1.54, 1.807) is 19.2 Å². The van der Waals surface area contributed by atoms with Crippen molar-refractivity contribution in [3.05, 3.63) is 59.5 Å². The monoisotopic (exact) mass is 401 g/mol. The lowest BCUT2D eigenvalue weighted by Crippen LogP contribution is -2.23. The highest BCUT2D eigenvalue weighted by atomic mass is 32.2. The highest BCUT2D eigenvalue weighted by molar-refractivity contribution is 7.89. The molecular formula is C20H23N3O4S. The van der Waals surface area contributed by atoms with Gasteiger partial charge in [-0.15, -0.1) is 0 Å². The third-order valence-corrected chi connectivity index (χ3v) is 5.69. The fourth-order valence-electron chi connectivity index (χ4n) is 2.80. The Labute approximate surface area is 164 Å². The summed E-state index contributed by atoms with van der Waals surface area (Å²) in [4.78, 5) is 4.43. The van der Waals surface area contributed by atoms with Crippen LogP contribution < -0.4 is 9.46 Å². The summed E-state index contributed by atoms with van der Waals surface area (Å²) in [5.41, 5.74) is 2.71. The molecule has 148 valence electrons. The van der Waals surface area contributed by atoms with E-state index in [2.05, 4.69) is 14.9 Å². The molecule has 0 saturated heterocycles. The third kappa shape index (κ3) is 4.40. The number of aryl methyl sites for hydroxylation is 1. The van der Waals surface area contributed by atoms with Gasteiger partial charge in [0.05, 0.1) is 18.6 Å². The second kappa shape index (κ2) is 8.12. The molecule has 3 aromatic rings. The molecule has 28 heavy (non-hydrogen) atoms. The molecular weight excluding hydrogens is 378 g/mol. The maximum absolute atomic E-state index is 12.7. The lowest BCUT2D eigenvalue weighted by Gasteiger charge is -2.13. The smallest absolute Gasteiger partial charge is 0.242 e. The van der Waals surface area contributed by atoms with Crippen molar-refractivity contribution in [1.82, 2.24) is 14.9 Å². The molecule has 7 nitrogen and oxygen atoms in total. The summed E-state index contributed by atoms with van der Waals surface area (Å²) >= 11 is 0. The molecule has 0 aliphatic carbocycles. The van der Waals surface area contributed by atoms with Crippen molar-refractivity contribution >= 4 is 10.0 Å². The van der Waals surface area contributed by atoms with Gasteiger partial charge in [0.15, 0.2) is 0 Å². The van der Waals surface area contributed by atoms with Crippen molar-refractivity contribution in [3.8, 4) is 17.1 Å². The summed E-state index contributed by atoms with van der Waals surface area (Å²) < 4.78 is 38.3. The van der Waals surface area contributed by atoms with Gasteiger partial charge in [0.1, 0.15) is 5.75 Å². The molecule has 0 aliphatic rings. The first kappa shape index (κ1) is 20.0. The molecule has 0 atom stereocenters. The van der Waals surface area contributed by atoms with Gasteiger partial charge in [0.2, 0.25) is 21.7 Å². The minimum atomic E-state index is -3.73. The molecule has 0 bridgehead atoms. The summed E-state index contributed by atoms with van der Waals surface area (Å²) in [5.74, 6) is 1.40. The fourth-order valence-corrected chi connectivity index (χ4v) is 3.81. The van der Waals surface area contributed by atoms with Crippen LogP contribution in [0.4, 0.5) is 0 Å². The molecule has 1 heterocycles. The SMILES string of the molecule is COc1ccc(S(=O)(=O)NCc2nc(-c3cccc(C)c3)no2)cc1C(C)C. The molecule has 1 N–H and O–H groups in total. The van der Waals surface area contributed by atoms with Crippen LogP contribution in [0.15, 0.2) is 51.9 Å². The van der Waals surface area contributed by atoms with Gasteiger partial charge in [-0.25, -0.2) is 13.1 Å². The summed E-state index contributed by atoms with van der Waals surface area (Å²) in [5, 5.41) is 3.92. The average Bonchev–Trinajstić information content (AvgIpc) is 3.15. The lowest BCUT2D eigenvalue weighted by molar-refractivity contribution is 0.376. The Morgan fingerprint density at radius 1 is 1.18 bits per heavy atom. The molecule has 8 heteroatoms. The summed E-state index contributed by atoms with van der Waals surface area (Å²) in [6.45, 7) is 5.84. The van der Waals surface area contributed by atoms with E-state index < -0.39 is 10.0 Å². The highest BCUT2D eigenvalue weighted by Gasteiger charge is 2.19. The summed E-state index contributed by atoms with van der Waals surface area (Å²) in [6, 6.07) is 12.5. The maximum Gasteiger partial charge on any atom is 0.242 e. The zero-order valence-corrected chi connectivity index (χ0v) is 17.1. The molecule has 0 fully saturated rings. The Kier molecular flexibility index (Phi) is 5.81. The van der Waals surface area contributed by atoms with Gasteiger partial charge in [-0.2, -0.15) is 4.98 Å². The van der Waals surface area contributed by atoms with Crippen LogP contribution in [0, 0.1) is 6.92 Å². The molecule has 0 spiro atoms. The van der Waals surface area contributed by atoms with Crippen LogP contribution in [0.3, 0.4) is 0 Å². The second-order valence-corrected chi connectivity index (χ2v) is 8.53. The number of benzene rings is 2. The first-order valence-electron chi connectivity index (χ1n) is 8.87. The standard InChI is InChI=1S/C20H23N3O4S/c1-13(2)17-11-16(8-9-18(17)26-4)28(24,25)21-12-19-22-20(23-27-19)15-7-5-6-14(3)10-15/h5-11,13,21H,12H2,1-4H3. The van der Waals surface area contributed by atoms with Crippen molar-refractivity contribution in [2.75, 3.05) is 7.11 Å². The molecule has 0 saturated carbocycles. The lowest BCUT2D eigenvalue weighted by atomic mass is 10.0. The Balaban J connectivity index is 1.76. The molecule has 1 aromatic heterocycles. The van der Waals surface area contributed by atoms with E-state index in [-0.39, 0.29) is 23.2 Å². The summed E-state index contributed by atoms with van der Waals surface area (Å²) in [7, 11) is -2.17. The van der Waals surface area contributed by atoms with Gasteiger partial charge >= 0.3 is 0 Å². The Hall–Kier alpha value is -2.71. The van der Waals surface area contributed by atoms with E-state index in [4.69, 9.17) is 9.26 Å². The molecule has 0 radical (unpaired) electrons. The van der Waals surface area contributed by atoms with Gasteiger partial charge in [-0.3, -0.25) is 0 Å². The van der Waals surface area contributed by atoms with Crippen molar-refractivity contribution in [1.29, 1.82) is 0 Å². The largest absolute Gasteiger partial charge is 0.496 e. The number of hydrogen-bond donors (Lipinski definition) is 1. The third-order valence-electron chi connectivity index (χ3n) is 4.29. The number of nitrogens with one attached hydrogen (secondary N) is 1. The first-order chi connectivity index (χ1) is 13.3. The molecule has 2 aromatic carbocycles. The number of sulfonamides is 1. The van der Waals surface area contributed by atoms with E-state index in [1.165, 1.54) is 6.07 Å². The molecule has 0 unspecified atom stereocenters. The number of rotatable bonds is 7. The second-order valence-electron chi connectivity index (χ2n) is 6.76. The highest BCUT2D eigenvalue weighted by Crippen LogP contribution is 2.29. The van der Waals surface area contributed by atoms with E-state index in [0.29, 0.717) is 11.6 Å². The van der Waals surface area contributed by atoms with Crippen LogP contribution in [-0.2, 0) is 16.6 Å². The van der Waals surface area contributed by atoms with Crippen LogP contribution in [-0.4, -0.2) is 25.7 Å². The van der Waals surface area contributed by atoms with Crippen LogP contribution >= 0.6 is 0 Å². The van der Waals surface area contributed by atoms with Crippen LogP contribution in [0.5, 0.6) is 5.75 Å². The van der Waals surface area contributed by atoms with Crippen molar-refractivity contribution in [2.45, 2.75) is 38.1 Å². The number of nitrogens with zero attached hydrogens (tertiary/aromatic N) is 2.